The van der Waals surface area contributed by atoms with Crippen molar-refractivity contribution in [3.63, 3.8) is 0 Å². The van der Waals surface area contributed by atoms with Crippen molar-refractivity contribution in [3.05, 3.63) is 0 Å². The molecular formula is C14H29NOS. The molecule has 102 valence electrons. The highest BCUT2D eigenvalue weighted by Crippen LogP contribution is 2.30. The Morgan fingerprint density at radius 1 is 1.29 bits per heavy atom. The molecule has 0 aliphatic heterocycles. The van der Waals surface area contributed by atoms with Crippen LogP contribution < -0.4 is 5.32 Å². The largest absolute Gasteiger partial charge is 0.313 e. The summed E-state index contributed by atoms with van der Waals surface area (Å²) in [5, 5.41) is 4.21. The van der Waals surface area contributed by atoms with E-state index in [0.717, 1.165) is 18.9 Å². The Bertz CT molecular complexity index is 255. The molecule has 5 atom stereocenters. The first kappa shape index (κ1) is 15.2. The first-order valence-corrected chi connectivity index (χ1v) is 8.37. The van der Waals surface area contributed by atoms with Crippen LogP contribution in [0, 0.1) is 11.8 Å². The maximum atomic E-state index is 12.6. The minimum atomic E-state index is -0.696. The van der Waals surface area contributed by atoms with E-state index in [2.05, 4.69) is 39.9 Å². The minimum absolute atomic E-state index is 0.312. The van der Waals surface area contributed by atoms with Gasteiger partial charge in [0.05, 0.1) is 5.25 Å². The Hall–Kier alpha value is 0.110. The summed E-state index contributed by atoms with van der Waals surface area (Å²) in [6.07, 6.45) is 3.60. The lowest BCUT2D eigenvalue weighted by Crippen LogP contribution is -2.48. The topological polar surface area (TPSA) is 29.1 Å². The van der Waals surface area contributed by atoms with E-state index >= 15 is 0 Å². The molecule has 0 aromatic heterocycles. The molecule has 1 N–H and O–H groups in total. The summed E-state index contributed by atoms with van der Waals surface area (Å²) in [7, 11) is -0.696. The van der Waals surface area contributed by atoms with Gasteiger partial charge in [-0.3, -0.25) is 4.21 Å². The van der Waals surface area contributed by atoms with Crippen LogP contribution in [0.1, 0.15) is 53.9 Å². The van der Waals surface area contributed by atoms with Crippen LogP contribution in [0.2, 0.25) is 0 Å². The molecule has 1 aliphatic rings. The summed E-state index contributed by atoms with van der Waals surface area (Å²) in [4.78, 5) is 0. The van der Waals surface area contributed by atoms with E-state index in [1.165, 1.54) is 12.8 Å². The van der Waals surface area contributed by atoms with Gasteiger partial charge in [0.25, 0.3) is 0 Å². The molecule has 0 bridgehead atoms. The lowest BCUT2D eigenvalue weighted by Gasteiger charge is -2.36. The predicted molar refractivity (Wildman–Crippen MR) is 76.7 cm³/mol. The van der Waals surface area contributed by atoms with E-state index in [-0.39, 0.29) is 0 Å². The molecule has 0 aromatic carbocycles. The molecule has 1 aliphatic carbocycles. The van der Waals surface area contributed by atoms with Gasteiger partial charge < -0.3 is 5.32 Å². The molecule has 0 radical (unpaired) electrons. The summed E-state index contributed by atoms with van der Waals surface area (Å²) in [5.41, 5.74) is 0. The van der Waals surface area contributed by atoms with E-state index in [1.54, 1.807) is 0 Å². The van der Waals surface area contributed by atoms with Gasteiger partial charge in [-0.1, -0.05) is 34.6 Å². The monoisotopic (exact) mass is 259 g/mol. The molecule has 0 aromatic rings. The number of nitrogens with one attached hydrogen (secondary N) is 1. The third-order valence-corrected chi connectivity index (χ3v) is 6.52. The van der Waals surface area contributed by atoms with Gasteiger partial charge in [-0.25, -0.2) is 0 Å². The van der Waals surface area contributed by atoms with Crippen molar-refractivity contribution in [1.29, 1.82) is 0 Å². The van der Waals surface area contributed by atoms with Gasteiger partial charge in [-0.2, -0.15) is 0 Å². The summed E-state index contributed by atoms with van der Waals surface area (Å²) >= 11 is 0. The molecule has 0 amide bonds. The maximum absolute atomic E-state index is 12.6. The Labute approximate surface area is 109 Å². The molecular weight excluding hydrogens is 230 g/mol. The standard InChI is InChI=1S/C14H29NOS/c1-6-15-13-8-7-11(4)9-14(13)17(16)12(5)10(2)3/h10-15H,6-9H2,1-5H3. The zero-order valence-electron chi connectivity index (χ0n) is 12.0. The van der Waals surface area contributed by atoms with Crippen LogP contribution >= 0.6 is 0 Å². The van der Waals surface area contributed by atoms with Gasteiger partial charge in [0.15, 0.2) is 0 Å². The molecule has 0 spiro atoms. The van der Waals surface area contributed by atoms with Crippen LogP contribution in [0.15, 0.2) is 0 Å². The van der Waals surface area contributed by atoms with Crippen molar-refractivity contribution in [3.8, 4) is 0 Å². The van der Waals surface area contributed by atoms with Gasteiger partial charge in [-0.15, -0.1) is 0 Å². The van der Waals surface area contributed by atoms with Gasteiger partial charge in [0, 0.05) is 22.1 Å². The summed E-state index contributed by atoms with van der Waals surface area (Å²) < 4.78 is 12.6. The third kappa shape index (κ3) is 4.06. The number of hydrogen-bond acceptors (Lipinski definition) is 2. The Morgan fingerprint density at radius 2 is 1.94 bits per heavy atom. The quantitative estimate of drug-likeness (QED) is 0.822. The Kier molecular flexibility index (Phi) is 6.14. The van der Waals surface area contributed by atoms with Crippen LogP contribution in [0.3, 0.4) is 0 Å². The first-order chi connectivity index (χ1) is 7.97. The maximum Gasteiger partial charge on any atom is 0.0506 e. The molecule has 1 saturated carbocycles. The van der Waals surface area contributed by atoms with Crippen molar-refractivity contribution < 1.29 is 4.21 Å². The Balaban J connectivity index is 2.71. The van der Waals surface area contributed by atoms with Crippen LogP contribution in [-0.4, -0.2) is 27.3 Å². The number of rotatable bonds is 5. The second-order valence-corrected chi connectivity index (χ2v) is 7.90. The molecule has 1 rings (SSSR count). The fourth-order valence-electron chi connectivity index (χ4n) is 2.63. The van der Waals surface area contributed by atoms with Crippen molar-refractivity contribution in [2.75, 3.05) is 6.54 Å². The second-order valence-electron chi connectivity index (χ2n) is 5.90. The van der Waals surface area contributed by atoms with E-state index in [9.17, 15) is 4.21 Å². The summed E-state index contributed by atoms with van der Waals surface area (Å²) in [6, 6.07) is 0.471. The zero-order valence-corrected chi connectivity index (χ0v) is 12.8. The van der Waals surface area contributed by atoms with E-state index in [4.69, 9.17) is 0 Å². The van der Waals surface area contributed by atoms with Crippen molar-refractivity contribution >= 4 is 10.8 Å². The highest BCUT2D eigenvalue weighted by molar-refractivity contribution is 7.86. The zero-order chi connectivity index (χ0) is 13.0. The highest BCUT2D eigenvalue weighted by atomic mass is 32.2. The first-order valence-electron chi connectivity index (χ1n) is 7.10. The SMILES string of the molecule is CCNC1CCC(C)CC1S(=O)C(C)C(C)C. The van der Waals surface area contributed by atoms with Crippen molar-refractivity contribution in [2.45, 2.75) is 70.4 Å². The number of hydrogen-bond donors (Lipinski definition) is 1. The predicted octanol–water partition coefficient (Wildman–Crippen LogP) is 2.95. The second kappa shape index (κ2) is 6.89. The van der Waals surface area contributed by atoms with Crippen LogP contribution in [0.4, 0.5) is 0 Å². The summed E-state index contributed by atoms with van der Waals surface area (Å²) in [5.74, 6) is 1.24. The van der Waals surface area contributed by atoms with Gasteiger partial charge in [0.2, 0.25) is 0 Å². The van der Waals surface area contributed by atoms with Crippen molar-refractivity contribution in [1.82, 2.24) is 5.32 Å². The highest BCUT2D eigenvalue weighted by Gasteiger charge is 2.34. The fraction of sp³-hybridized carbons (Fsp3) is 1.00. The molecule has 0 saturated heterocycles. The van der Waals surface area contributed by atoms with E-state index in [1.807, 2.05) is 0 Å². The van der Waals surface area contributed by atoms with Gasteiger partial charge in [0.1, 0.15) is 0 Å². The molecule has 0 heterocycles. The fourth-order valence-corrected chi connectivity index (χ4v) is 4.79. The molecule has 2 nitrogen and oxygen atoms in total. The molecule has 17 heavy (non-hydrogen) atoms. The van der Waals surface area contributed by atoms with Gasteiger partial charge >= 0.3 is 0 Å². The third-order valence-electron chi connectivity index (χ3n) is 4.12. The minimum Gasteiger partial charge on any atom is -0.313 e. The smallest absolute Gasteiger partial charge is 0.0506 e. The van der Waals surface area contributed by atoms with Crippen LogP contribution in [-0.2, 0) is 10.8 Å². The average Bonchev–Trinajstić information content (AvgIpc) is 2.29. The van der Waals surface area contributed by atoms with Crippen molar-refractivity contribution in [2.24, 2.45) is 11.8 Å². The normalized spacial score (nSPS) is 33.6. The molecule has 1 fully saturated rings. The lowest BCUT2D eigenvalue weighted by atomic mass is 9.87. The molecule has 3 heteroatoms. The van der Waals surface area contributed by atoms with Gasteiger partial charge in [-0.05, 0) is 37.6 Å². The van der Waals surface area contributed by atoms with E-state index < -0.39 is 10.8 Å². The summed E-state index contributed by atoms with van der Waals surface area (Å²) in [6.45, 7) is 11.9. The molecule has 5 unspecified atom stereocenters. The van der Waals surface area contributed by atoms with Crippen LogP contribution in [0.5, 0.6) is 0 Å². The van der Waals surface area contributed by atoms with Crippen LogP contribution in [0.25, 0.3) is 0 Å². The van der Waals surface area contributed by atoms with E-state index in [0.29, 0.717) is 22.5 Å². The Morgan fingerprint density at radius 3 is 2.47 bits per heavy atom. The average molecular weight is 259 g/mol. The lowest BCUT2D eigenvalue weighted by molar-refractivity contribution is 0.315.